The molecule has 247 valence electrons. The number of imidazole rings is 1. The summed E-state index contributed by atoms with van der Waals surface area (Å²) in [5.74, 6) is 0.793. The fourth-order valence-electron chi connectivity index (χ4n) is 5.96. The molecule has 3 aromatic heterocycles. The third-order valence-electron chi connectivity index (χ3n) is 8.05. The van der Waals surface area contributed by atoms with Crippen LogP contribution in [0, 0.1) is 17.5 Å². The Morgan fingerprint density at radius 2 is 1.53 bits per heavy atom. The molecule has 3 heterocycles. The van der Waals surface area contributed by atoms with Crippen molar-refractivity contribution in [1.29, 1.82) is 0 Å². The van der Waals surface area contributed by atoms with Crippen molar-refractivity contribution >= 4 is 33.0 Å². The van der Waals surface area contributed by atoms with E-state index >= 15 is 0 Å². The standard InChI is InChI=1S/C28H24NO.C16H15N2.Ir/c1-28(2,3)17-19-11-13-20(14-12-19)21-15-16-25(29-18-21)24-9-6-8-23-22-7-4-5-10-26(22)30-27(23)24;1-12(2)18-15-11-7-6-10-14(15)17-16(18)13-8-4-3-5-9-13;/h4-8,10-16,18H,17H2,1-3H3;3-8,10-12H,1-2H3;/q2*-1;/i17D2;12D;. The molecule has 49 heavy (non-hydrogen) atoms. The second-order valence-corrected chi connectivity index (χ2v) is 13.1. The van der Waals surface area contributed by atoms with Crippen molar-refractivity contribution in [2.24, 2.45) is 5.41 Å². The number of para-hydroxylation sites is 3. The van der Waals surface area contributed by atoms with Gasteiger partial charge in [0.05, 0.1) is 23.8 Å². The topological polar surface area (TPSA) is 43.9 Å². The monoisotopic (exact) mass is 821 g/mol. The first-order valence-electron chi connectivity index (χ1n) is 17.7. The summed E-state index contributed by atoms with van der Waals surface area (Å²) in [7, 11) is 0. The van der Waals surface area contributed by atoms with Crippen LogP contribution in [-0.2, 0) is 26.5 Å². The molecule has 0 saturated carbocycles. The Morgan fingerprint density at radius 3 is 2.24 bits per heavy atom. The van der Waals surface area contributed by atoms with Crippen LogP contribution < -0.4 is 0 Å². The number of fused-ring (bicyclic) bond motifs is 4. The van der Waals surface area contributed by atoms with E-state index in [2.05, 4.69) is 23.2 Å². The number of aromatic nitrogens is 3. The maximum Gasteiger partial charge on any atom is 0.120 e. The molecular weight excluding hydrogens is 779 g/mol. The summed E-state index contributed by atoms with van der Waals surface area (Å²) in [6, 6.07) is 45.0. The van der Waals surface area contributed by atoms with Crippen molar-refractivity contribution in [3.8, 4) is 33.8 Å². The summed E-state index contributed by atoms with van der Waals surface area (Å²) in [6.45, 7) is 9.50. The summed E-state index contributed by atoms with van der Waals surface area (Å²) in [5, 5.41) is 2.15. The molecule has 1 radical (unpaired) electrons. The van der Waals surface area contributed by atoms with Crippen LogP contribution in [-0.4, -0.2) is 14.5 Å². The van der Waals surface area contributed by atoms with E-state index in [-0.39, 0.29) is 20.1 Å². The quantitative estimate of drug-likeness (QED) is 0.162. The van der Waals surface area contributed by atoms with Gasteiger partial charge in [0.25, 0.3) is 0 Å². The van der Waals surface area contributed by atoms with E-state index in [1.165, 1.54) is 0 Å². The predicted octanol–water partition coefficient (Wildman–Crippen LogP) is 11.8. The number of furan rings is 1. The van der Waals surface area contributed by atoms with Crippen LogP contribution in [0.25, 0.3) is 66.7 Å². The van der Waals surface area contributed by atoms with Crippen LogP contribution in [0.15, 0.2) is 132 Å². The SMILES string of the molecule is [2H]C(C)(C)n1c(-c2[c-]cccc2)nc2ccccc21.[2H]C([2H])(c1ccc(-c2ccc(-c3[c-]ccc4c3oc3ccccc34)nc2)cc1)C(C)(C)C.[Ir]. The molecule has 4 nitrogen and oxygen atoms in total. The Kier molecular flexibility index (Phi) is 8.85. The first kappa shape index (κ1) is 30.2. The second kappa shape index (κ2) is 14.3. The van der Waals surface area contributed by atoms with E-state index < -0.39 is 17.8 Å². The van der Waals surface area contributed by atoms with Crippen molar-refractivity contribution in [3.63, 3.8) is 0 Å². The minimum atomic E-state index is -1.41. The third-order valence-corrected chi connectivity index (χ3v) is 8.05. The van der Waals surface area contributed by atoms with Gasteiger partial charge in [-0.2, -0.15) is 0 Å². The van der Waals surface area contributed by atoms with Gasteiger partial charge >= 0.3 is 0 Å². The van der Waals surface area contributed by atoms with Gasteiger partial charge in [0.2, 0.25) is 0 Å². The first-order valence-corrected chi connectivity index (χ1v) is 16.2. The van der Waals surface area contributed by atoms with Gasteiger partial charge in [-0.25, -0.2) is 0 Å². The van der Waals surface area contributed by atoms with Crippen LogP contribution in [0.5, 0.6) is 0 Å². The van der Waals surface area contributed by atoms with Gasteiger partial charge in [0, 0.05) is 40.4 Å². The number of nitrogens with zero attached hydrogens (tertiary/aromatic N) is 3. The van der Waals surface area contributed by atoms with Crippen LogP contribution in [0.2, 0.25) is 0 Å². The van der Waals surface area contributed by atoms with Gasteiger partial charge in [0.15, 0.2) is 0 Å². The molecule has 0 bridgehead atoms. The van der Waals surface area contributed by atoms with E-state index in [0.29, 0.717) is 5.56 Å². The molecule has 0 saturated heterocycles. The van der Waals surface area contributed by atoms with Gasteiger partial charge in [-0.15, -0.1) is 54.1 Å². The second-order valence-electron chi connectivity index (χ2n) is 13.1. The molecule has 0 aliphatic carbocycles. The predicted molar refractivity (Wildman–Crippen MR) is 199 cm³/mol. The summed E-state index contributed by atoms with van der Waals surface area (Å²) in [6.07, 6.45) is 0.437. The molecule has 0 unspecified atom stereocenters. The molecule has 5 heteroatoms. The fourth-order valence-corrected chi connectivity index (χ4v) is 5.96. The molecular formula is C44H39IrN3O-2. The Labute approximate surface area is 306 Å². The van der Waals surface area contributed by atoms with E-state index in [9.17, 15) is 0 Å². The van der Waals surface area contributed by atoms with Gasteiger partial charge in [0.1, 0.15) is 5.58 Å². The van der Waals surface area contributed by atoms with Crippen molar-refractivity contribution in [2.45, 2.75) is 47.0 Å². The normalized spacial score (nSPS) is 12.9. The zero-order valence-electron chi connectivity index (χ0n) is 31.2. The summed E-state index contributed by atoms with van der Waals surface area (Å²) in [4.78, 5) is 9.35. The Hall–Kier alpha value is -4.83. The largest absolute Gasteiger partial charge is 0.501 e. The van der Waals surface area contributed by atoms with Crippen molar-refractivity contribution in [3.05, 3.63) is 145 Å². The molecule has 0 fully saturated rings. The molecule has 0 N–H and O–H groups in total. The average Bonchev–Trinajstić information content (AvgIpc) is 3.72. The smallest absolute Gasteiger partial charge is 0.120 e. The molecule has 0 spiro atoms. The van der Waals surface area contributed by atoms with Crippen LogP contribution >= 0.6 is 0 Å². The summed E-state index contributed by atoms with van der Waals surface area (Å²) >= 11 is 0. The number of benzene rings is 5. The number of rotatable bonds is 5. The van der Waals surface area contributed by atoms with Gasteiger partial charge < -0.3 is 14.0 Å². The maximum absolute atomic E-state index is 8.47. The Bertz CT molecular complexity index is 2460. The fraction of sp³-hybridized carbons (Fsp3) is 0.182. The molecule has 8 aromatic rings. The van der Waals surface area contributed by atoms with Crippen LogP contribution in [0.4, 0.5) is 0 Å². The van der Waals surface area contributed by atoms with Crippen molar-refractivity contribution < 1.29 is 28.6 Å². The summed E-state index contributed by atoms with van der Waals surface area (Å²) in [5.41, 5.74) is 8.30. The molecule has 0 amide bonds. The summed E-state index contributed by atoms with van der Waals surface area (Å²) < 4.78 is 33.4. The minimum Gasteiger partial charge on any atom is -0.501 e. The number of hydrogen-bond acceptors (Lipinski definition) is 3. The van der Waals surface area contributed by atoms with Crippen molar-refractivity contribution in [1.82, 2.24) is 14.5 Å². The number of hydrogen-bond donors (Lipinski definition) is 0. The van der Waals surface area contributed by atoms with Crippen LogP contribution in [0.3, 0.4) is 0 Å². The van der Waals surface area contributed by atoms with Gasteiger partial charge in [-0.1, -0.05) is 98.5 Å². The van der Waals surface area contributed by atoms with Crippen molar-refractivity contribution in [2.75, 3.05) is 0 Å². The minimum absolute atomic E-state index is 0. The zero-order valence-corrected chi connectivity index (χ0v) is 30.6. The molecule has 0 atom stereocenters. The van der Waals surface area contributed by atoms with E-state index in [1.807, 2.05) is 161 Å². The number of pyridine rings is 1. The van der Waals surface area contributed by atoms with E-state index in [0.717, 1.165) is 66.7 Å². The molecule has 8 rings (SSSR count). The molecule has 0 aliphatic heterocycles. The van der Waals surface area contributed by atoms with Crippen LogP contribution in [0.1, 0.15) is 50.3 Å². The molecule has 5 aromatic carbocycles. The average molecular weight is 821 g/mol. The zero-order chi connectivity index (χ0) is 36.0. The van der Waals surface area contributed by atoms with Gasteiger partial charge in [-0.3, -0.25) is 4.98 Å². The Balaban J connectivity index is 0.000000198. The Morgan fingerprint density at radius 1 is 0.796 bits per heavy atom. The first-order chi connectivity index (χ1) is 24.3. The third kappa shape index (κ3) is 7.29. The van der Waals surface area contributed by atoms with Gasteiger partial charge in [-0.05, 0) is 66.2 Å². The molecule has 0 aliphatic rings. The van der Waals surface area contributed by atoms with E-state index in [1.54, 1.807) is 0 Å². The maximum atomic E-state index is 8.47. The van der Waals surface area contributed by atoms with E-state index in [4.69, 9.17) is 13.5 Å².